The monoisotopic (exact) mass is 346 g/mol. The summed E-state index contributed by atoms with van der Waals surface area (Å²) in [5.41, 5.74) is 0. The van der Waals surface area contributed by atoms with Gasteiger partial charge in [0.15, 0.2) is 9.84 Å². The van der Waals surface area contributed by atoms with E-state index in [1.165, 1.54) is 11.8 Å². The number of halogens is 2. The Morgan fingerprint density at radius 3 is 2.10 bits per heavy atom. The van der Waals surface area contributed by atoms with Crippen LogP contribution in [0.2, 0.25) is 10.0 Å². The van der Waals surface area contributed by atoms with Crippen molar-refractivity contribution >= 4 is 44.8 Å². The highest BCUT2D eigenvalue weighted by molar-refractivity contribution is 8.01. The van der Waals surface area contributed by atoms with Gasteiger partial charge in [0, 0.05) is 10.6 Å². The summed E-state index contributed by atoms with van der Waals surface area (Å²) in [6, 6.07) is 13.6. The Morgan fingerprint density at radius 1 is 0.900 bits per heavy atom. The van der Waals surface area contributed by atoms with E-state index in [0.29, 0.717) is 20.7 Å². The third-order valence-electron chi connectivity index (χ3n) is 2.62. The molecule has 2 rings (SSSR count). The summed E-state index contributed by atoms with van der Waals surface area (Å²) in [7, 11) is -3.26. The SMILES string of the molecule is O=S(=O)(CCSc1c(Cl)cccc1Cl)c1ccccc1. The number of hydrogen-bond acceptors (Lipinski definition) is 3. The first kappa shape index (κ1) is 15.7. The van der Waals surface area contributed by atoms with Gasteiger partial charge >= 0.3 is 0 Å². The summed E-state index contributed by atoms with van der Waals surface area (Å²) in [5.74, 6) is 0.448. The Labute approximate surface area is 133 Å². The maximum atomic E-state index is 12.1. The number of thioether (sulfide) groups is 1. The van der Waals surface area contributed by atoms with E-state index >= 15 is 0 Å². The van der Waals surface area contributed by atoms with Crippen molar-refractivity contribution < 1.29 is 8.42 Å². The van der Waals surface area contributed by atoms with E-state index in [0.717, 1.165) is 4.90 Å². The Bertz CT molecular complexity index is 665. The van der Waals surface area contributed by atoms with E-state index in [-0.39, 0.29) is 5.75 Å². The normalized spacial score (nSPS) is 11.5. The van der Waals surface area contributed by atoms with Gasteiger partial charge in [0.1, 0.15) is 0 Å². The van der Waals surface area contributed by atoms with Crippen molar-refractivity contribution in [1.82, 2.24) is 0 Å². The summed E-state index contributed by atoms with van der Waals surface area (Å²) in [6.07, 6.45) is 0. The van der Waals surface area contributed by atoms with Crippen LogP contribution in [0.15, 0.2) is 58.3 Å². The minimum atomic E-state index is -3.26. The van der Waals surface area contributed by atoms with E-state index in [1.54, 1.807) is 48.5 Å². The molecule has 0 aliphatic rings. The average molecular weight is 347 g/mol. The van der Waals surface area contributed by atoms with Crippen molar-refractivity contribution in [3.63, 3.8) is 0 Å². The fourth-order valence-corrected chi connectivity index (χ4v) is 4.98. The van der Waals surface area contributed by atoms with Gasteiger partial charge in [0.2, 0.25) is 0 Å². The first-order valence-corrected chi connectivity index (χ1v) is 9.25. The largest absolute Gasteiger partial charge is 0.224 e. The molecule has 0 saturated heterocycles. The molecule has 0 aliphatic carbocycles. The fraction of sp³-hybridized carbons (Fsp3) is 0.143. The standard InChI is InChI=1S/C14H12Cl2O2S2/c15-12-7-4-8-13(16)14(12)19-9-10-20(17,18)11-5-2-1-3-6-11/h1-8H,9-10H2. The highest BCUT2D eigenvalue weighted by Crippen LogP contribution is 2.34. The van der Waals surface area contributed by atoms with E-state index < -0.39 is 9.84 Å². The van der Waals surface area contributed by atoms with Crippen LogP contribution in [0.3, 0.4) is 0 Å². The molecule has 0 aromatic heterocycles. The molecule has 0 bridgehead atoms. The number of benzene rings is 2. The highest BCUT2D eigenvalue weighted by atomic mass is 35.5. The Hall–Kier alpha value is -0.680. The number of rotatable bonds is 5. The second-order valence-corrected chi connectivity index (χ2v) is 8.06. The van der Waals surface area contributed by atoms with Crippen molar-refractivity contribution in [2.24, 2.45) is 0 Å². The molecule has 6 heteroatoms. The zero-order chi connectivity index (χ0) is 14.6. The van der Waals surface area contributed by atoms with Gasteiger partial charge in [0.05, 0.1) is 20.7 Å². The van der Waals surface area contributed by atoms with Gasteiger partial charge in [-0.1, -0.05) is 47.5 Å². The van der Waals surface area contributed by atoms with Gasteiger partial charge in [-0.25, -0.2) is 8.42 Å². The summed E-state index contributed by atoms with van der Waals surface area (Å²) >= 11 is 13.4. The van der Waals surface area contributed by atoms with Crippen molar-refractivity contribution in [2.45, 2.75) is 9.79 Å². The zero-order valence-corrected chi connectivity index (χ0v) is 13.6. The molecule has 0 heterocycles. The number of hydrogen-bond donors (Lipinski definition) is 0. The molecule has 106 valence electrons. The molecule has 20 heavy (non-hydrogen) atoms. The molecular formula is C14H12Cl2O2S2. The van der Waals surface area contributed by atoms with Gasteiger partial charge in [-0.05, 0) is 24.3 Å². The summed E-state index contributed by atoms with van der Waals surface area (Å²) in [4.78, 5) is 1.06. The van der Waals surface area contributed by atoms with Crippen LogP contribution in [0.25, 0.3) is 0 Å². The third kappa shape index (κ3) is 3.92. The van der Waals surface area contributed by atoms with Crippen LogP contribution in [-0.4, -0.2) is 19.9 Å². The predicted octanol–water partition coefficient (Wildman–Crippen LogP) is 4.56. The quantitative estimate of drug-likeness (QED) is 0.744. The van der Waals surface area contributed by atoms with Crippen LogP contribution in [0.4, 0.5) is 0 Å². The van der Waals surface area contributed by atoms with E-state index in [1.807, 2.05) is 0 Å². The molecule has 0 aliphatic heterocycles. The molecule has 2 aromatic rings. The third-order valence-corrected chi connectivity index (χ3v) is 6.60. The molecular weight excluding hydrogens is 335 g/mol. The first-order chi connectivity index (χ1) is 9.50. The predicted molar refractivity (Wildman–Crippen MR) is 85.7 cm³/mol. The molecule has 0 amide bonds. The minimum absolute atomic E-state index is 0.0449. The Balaban J connectivity index is 2.03. The smallest absolute Gasteiger partial charge is 0.179 e. The van der Waals surface area contributed by atoms with E-state index in [4.69, 9.17) is 23.2 Å². The molecule has 0 atom stereocenters. The fourth-order valence-electron chi connectivity index (χ4n) is 1.62. The minimum Gasteiger partial charge on any atom is -0.224 e. The maximum Gasteiger partial charge on any atom is 0.179 e. The van der Waals surface area contributed by atoms with Crippen molar-refractivity contribution in [1.29, 1.82) is 0 Å². The van der Waals surface area contributed by atoms with Crippen molar-refractivity contribution in [3.05, 3.63) is 58.6 Å². The Morgan fingerprint density at radius 2 is 1.50 bits per heavy atom. The second-order valence-electron chi connectivity index (χ2n) is 4.03. The van der Waals surface area contributed by atoms with Crippen molar-refractivity contribution in [2.75, 3.05) is 11.5 Å². The van der Waals surface area contributed by atoms with E-state index in [2.05, 4.69) is 0 Å². The van der Waals surface area contributed by atoms with Gasteiger partial charge in [-0.15, -0.1) is 11.8 Å². The first-order valence-electron chi connectivity index (χ1n) is 5.85. The van der Waals surface area contributed by atoms with Gasteiger partial charge in [-0.3, -0.25) is 0 Å². The molecule has 2 nitrogen and oxygen atoms in total. The molecule has 0 spiro atoms. The molecule has 0 saturated carbocycles. The summed E-state index contributed by atoms with van der Waals surface area (Å²) < 4.78 is 24.2. The lowest BCUT2D eigenvalue weighted by Crippen LogP contribution is -2.08. The summed E-state index contributed by atoms with van der Waals surface area (Å²) in [5, 5.41) is 1.08. The van der Waals surface area contributed by atoms with Crippen LogP contribution >= 0.6 is 35.0 Å². The lowest BCUT2D eigenvalue weighted by molar-refractivity contribution is 0.597. The molecule has 0 unspecified atom stereocenters. The number of sulfone groups is 1. The summed E-state index contributed by atoms with van der Waals surface area (Å²) in [6.45, 7) is 0. The van der Waals surface area contributed by atoms with Gasteiger partial charge in [-0.2, -0.15) is 0 Å². The van der Waals surface area contributed by atoms with Crippen LogP contribution in [0.5, 0.6) is 0 Å². The maximum absolute atomic E-state index is 12.1. The molecule has 2 aromatic carbocycles. The zero-order valence-electron chi connectivity index (χ0n) is 10.4. The van der Waals surface area contributed by atoms with Crippen LogP contribution < -0.4 is 0 Å². The van der Waals surface area contributed by atoms with Crippen LogP contribution in [0, 0.1) is 0 Å². The van der Waals surface area contributed by atoms with Crippen LogP contribution in [-0.2, 0) is 9.84 Å². The topological polar surface area (TPSA) is 34.1 Å². The average Bonchev–Trinajstić information content (AvgIpc) is 2.43. The molecule has 0 fully saturated rings. The van der Waals surface area contributed by atoms with Gasteiger partial charge in [0.25, 0.3) is 0 Å². The molecule has 0 N–H and O–H groups in total. The van der Waals surface area contributed by atoms with E-state index in [9.17, 15) is 8.42 Å². The van der Waals surface area contributed by atoms with Crippen LogP contribution in [0.1, 0.15) is 0 Å². The van der Waals surface area contributed by atoms with Crippen molar-refractivity contribution in [3.8, 4) is 0 Å². The second kappa shape index (κ2) is 6.85. The lowest BCUT2D eigenvalue weighted by atomic mass is 10.4. The highest BCUT2D eigenvalue weighted by Gasteiger charge is 2.14. The lowest BCUT2D eigenvalue weighted by Gasteiger charge is -2.07. The molecule has 0 radical (unpaired) electrons. The Kier molecular flexibility index (Phi) is 5.38. The van der Waals surface area contributed by atoms with Gasteiger partial charge < -0.3 is 0 Å².